The molecule has 0 amide bonds. The summed E-state index contributed by atoms with van der Waals surface area (Å²) in [5.41, 5.74) is 5.77. The predicted octanol–water partition coefficient (Wildman–Crippen LogP) is 0.764. The normalized spacial score (nSPS) is 11.2. The minimum atomic E-state index is -3.15. The van der Waals surface area contributed by atoms with E-state index in [1.807, 2.05) is 0 Å². The Morgan fingerprint density at radius 3 is 2.21 bits per heavy atom. The number of amidine groups is 1. The molecule has 0 saturated heterocycles. The number of nitrogen functional groups attached to an aromatic ring is 1. The molecule has 0 unspecified atom stereocenters. The Labute approximate surface area is 83.2 Å². The molecule has 5 heteroatoms. The Bertz CT molecular complexity index is 434. The summed E-state index contributed by atoms with van der Waals surface area (Å²) in [6.45, 7) is 1.59. The minimum absolute atomic E-state index is 0.0644. The molecule has 1 aromatic rings. The van der Waals surface area contributed by atoms with E-state index in [-0.39, 0.29) is 16.5 Å². The first-order chi connectivity index (χ1) is 6.47. The van der Waals surface area contributed by atoms with Crippen LogP contribution in [0.5, 0.6) is 0 Å². The molecule has 0 aliphatic heterocycles. The van der Waals surface area contributed by atoms with Crippen LogP contribution in [0.25, 0.3) is 0 Å². The Morgan fingerprint density at radius 1 is 1.36 bits per heavy atom. The lowest BCUT2D eigenvalue weighted by Crippen LogP contribution is -2.11. The van der Waals surface area contributed by atoms with E-state index in [0.29, 0.717) is 5.56 Å². The lowest BCUT2D eigenvalue weighted by Gasteiger charge is -2.02. The maximum Gasteiger partial charge on any atom is 0.178 e. The van der Waals surface area contributed by atoms with Crippen molar-refractivity contribution < 1.29 is 8.42 Å². The van der Waals surface area contributed by atoms with Crippen LogP contribution in [0.15, 0.2) is 29.2 Å². The van der Waals surface area contributed by atoms with Gasteiger partial charge in [0, 0.05) is 5.56 Å². The molecule has 0 heterocycles. The monoisotopic (exact) mass is 212 g/mol. The molecule has 0 aromatic heterocycles. The Balaban J connectivity index is 3.12. The van der Waals surface area contributed by atoms with E-state index in [2.05, 4.69) is 0 Å². The van der Waals surface area contributed by atoms with Crippen LogP contribution in [-0.4, -0.2) is 20.0 Å². The van der Waals surface area contributed by atoms with Crippen molar-refractivity contribution in [2.45, 2.75) is 11.8 Å². The number of rotatable bonds is 3. The van der Waals surface area contributed by atoms with Crippen molar-refractivity contribution in [3.8, 4) is 0 Å². The smallest absolute Gasteiger partial charge is 0.178 e. The van der Waals surface area contributed by atoms with E-state index in [0.717, 1.165) is 0 Å². The fourth-order valence-corrected chi connectivity index (χ4v) is 1.89. The third-order valence-electron chi connectivity index (χ3n) is 1.90. The molecular formula is C9H12N2O2S. The van der Waals surface area contributed by atoms with Crippen molar-refractivity contribution in [2.24, 2.45) is 5.73 Å². The molecule has 0 aliphatic rings. The number of sulfone groups is 1. The van der Waals surface area contributed by atoms with Crippen LogP contribution in [0.2, 0.25) is 0 Å². The number of nitrogens with two attached hydrogens (primary N) is 1. The first-order valence-corrected chi connectivity index (χ1v) is 5.80. The van der Waals surface area contributed by atoms with Gasteiger partial charge in [0.15, 0.2) is 9.84 Å². The van der Waals surface area contributed by atoms with E-state index < -0.39 is 9.84 Å². The largest absolute Gasteiger partial charge is 0.384 e. The summed E-state index contributed by atoms with van der Waals surface area (Å²) < 4.78 is 22.8. The van der Waals surface area contributed by atoms with Gasteiger partial charge in [-0.05, 0) is 12.1 Å². The second kappa shape index (κ2) is 3.79. The molecule has 76 valence electrons. The molecular weight excluding hydrogens is 200 g/mol. The van der Waals surface area contributed by atoms with Crippen molar-refractivity contribution in [3.63, 3.8) is 0 Å². The Morgan fingerprint density at radius 2 is 1.86 bits per heavy atom. The molecule has 4 nitrogen and oxygen atoms in total. The van der Waals surface area contributed by atoms with Crippen molar-refractivity contribution in [3.05, 3.63) is 29.8 Å². The Hall–Kier alpha value is -1.36. The van der Waals surface area contributed by atoms with E-state index in [9.17, 15) is 8.42 Å². The molecule has 0 bridgehead atoms. The quantitative estimate of drug-likeness (QED) is 0.573. The summed E-state index contributed by atoms with van der Waals surface area (Å²) in [6.07, 6.45) is 0. The van der Waals surface area contributed by atoms with Gasteiger partial charge >= 0.3 is 0 Å². The van der Waals surface area contributed by atoms with Crippen LogP contribution in [0.3, 0.4) is 0 Å². The van der Waals surface area contributed by atoms with Gasteiger partial charge in [-0.15, -0.1) is 0 Å². The third-order valence-corrected chi connectivity index (χ3v) is 3.65. The van der Waals surface area contributed by atoms with E-state index in [1.165, 1.54) is 24.3 Å². The van der Waals surface area contributed by atoms with Crippen LogP contribution >= 0.6 is 0 Å². The van der Waals surface area contributed by atoms with Gasteiger partial charge in [-0.25, -0.2) is 8.42 Å². The lowest BCUT2D eigenvalue weighted by atomic mass is 10.2. The highest BCUT2D eigenvalue weighted by atomic mass is 32.2. The molecule has 0 saturated carbocycles. The van der Waals surface area contributed by atoms with Crippen molar-refractivity contribution >= 4 is 15.7 Å². The fourth-order valence-electron chi connectivity index (χ4n) is 1.01. The summed E-state index contributed by atoms with van der Waals surface area (Å²) >= 11 is 0. The molecule has 14 heavy (non-hydrogen) atoms. The second-order valence-corrected chi connectivity index (χ2v) is 5.12. The molecule has 1 rings (SSSR count). The highest BCUT2D eigenvalue weighted by Gasteiger charge is 2.10. The highest BCUT2D eigenvalue weighted by molar-refractivity contribution is 7.91. The maximum absolute atomic E-state index is 11.4. The van der Waals surface area contributed by atoms with Gasteiger partial charge in [-0.3, -0.25) is 5.41 Å². The van der Waals surface area contributed by atoms with Crippen molar-refractivity contribution in [1.29, 1.82) is 5.41 Å². The van der Waals surface area contributed by atoms with Crippen LogP contribution in [0.1, 0.15) is 12.5 Å². The van der Waals surface area contributed by atoms with E-state index in [4.69, 9.17) is 11.1 Å². The van der Waals surface area contributed by atoms with Gasteiger partial charge < -0.3 is 5.73 Å². The number of hydrogen-bond donors (Lipinski definition) is 2. The zero-order valence-corrected chi connectivity index (χ0v) is 8.64. The van der Waals surface area contributed by atoms with Crippen LogP contribution in [-0.2, 0) is 9.84 Å². The van der Waals surface area contributed by atoms with Crippen LogP contribution in [0.4, 0.5) is 0 Å². The van der Waals surface area contributed by atoms with Gasteiger partial charge in [0.2, 0.25) is 0 Å². The van der Waals surface area contributed by atoms with Crippen molar-refractivity contribution in [2.75, 3.05) is 5.75 Å². The standard InChI is InChI=1S/C9H12N2O2S/c1-2-14(12,13)8-5-3-7(4-6-8)9(10)11/h3-6H,2H2,1H3,(H3,10,11). The molecule has 0 aliphatic carbocycles. The third kappa shape index (κ3) is 2.11. The molecule has 0 atom stereocenters. The van der Waals surface area contributed by atoms with Gasteiger partial charge in [0.05, 0.1) is 10.6 Å². The molecule has 1 aromatic carbocycles. The first kappa shape index (κ1) is 10.7. The topological polar surface area (TPSA) is 84.0 Å². The fraction of sp³-hybridized carbons (Fsp3) is 0.222. The minimum Gasteiger partial charge on any atom is -0.384 e. The number of nitrogens with one attached hydrogen (secondary N) is 1. The SMILES string of the molecule is CCS(=O)(=O)c1ccc(C(=N)N)cc1. The van der Waals surface area contributed by atoms with Crippen LogP contribution in [0, 0.1) is 5.41 Å². The summed E-state index contributed by atoms with van der Waals surface area (Å²) in [4.78, 5) is 0.269. The average Bonchev–Trinajstić information content (AvgIpc) is 2.18. The van der Waals surface area contributed by atoms with E-state index in [1.54, 1.807) is 6.92 Å². The molecule has 0 radical (unpaired) electrons. The highest BCUT2D eigenvalue weighted by Crippen LogP contribution is 2.11. The van der Waals surface area contributed by atoms with Gasteiger partial charge in [0.1, 0.15) is 5.84 Å². The zero-order valence-electron chi connectivity index (χ0n) is 7.82. The van der Waals surface area contributed by atoms with Crippen LogP contribution < -0.4 is 5.73 Å². The summed E-state index contributed by atoms with van der Waals surface area (Å²) in [7, 11) is -3.15. The predicted molar refractivity (Wildman–Crippen MR) is 55.2 cm³/mol. The molecule has 3 N–H and O–H groups in total. The molecule has 0 fully saturated rings. The van der Waals surface area contributed by atoms with Gasteiger partial charge in [0.25, 0.3) is 0 Å². The summed E-state index contributed by atoms with van der Waals surface area (Å²) in [5.74, 6) is 0.0114. The van der Waals surface area contributed by atoms with Crippen molar-refractivity contribution in [1.82, 2.24) is 0 Å². The maximum atomic E-state index is 11.4. The Kier molecular flexibility index (Phi) is 2.90. The number of benzene rings is 1. The van der Waals surface area contributed by atoms with Gasteiger partial charge in [-0.1, -0.05) is 19.1 Å². The zero-order chi connectivity index (χ0) is 10.8. The second-order valence-electron chi connectivity index (χ2n) is 2.84. The summed E-state index contributed by atoms with van der Waals surface area (Å²) in [5, 5.41) is 7.13. The molecule has 0 spiro atoms. The lowest BCUT2D eigenvalue weighted by molar-refractivity contribution is 0.597. The van der Waals surface area contributed by atoms with E-state index >= 15 is 0 Å². The average molecular weight is 212 g/mol. The summed E-state index contributed by atoms with van der Waals surface area (Å²) in [6, 6.07) is 6.00. The van der Waals surface area contributed by atoms with Gasteiger partial charge in [-0.2, -0.15) is 0 Å². The number of hydrogen-bond acceptors (Lipinski definition) is 3. The first-order valence-electron chi connectivity index (χ1n) is 4.14.